The summed E-state index contributed by atoms with van der Waals surface area (Å²) >= 11 is 6.12. The number of nitrogens with zero attached hydrogens (tertiary/aromatic N) is 2. The summed E-state index contributed by atoms with van der Waals surface area (Å²) in [4.78, 5) is 17.5. The number of aromatic nitrogens is 1. The third kappa shape index (κ3) is 1.91. The molecule has 0 saturated heterocycles. The number of amides is 1. The Balaban J connectivity index is 2.82. The fourth-order valence-electron chi connectivity index (χ4n) is 1.65. The molecule has 0 aliphatic rings. The zero-order chi connectivity index (χ0) is 12.6. The normalized spacial score (nSPS) is 10.5. The standard InChI is InChI=1S/C12H12ClN3O/c1-16(2)12(17)11-10-7(5-6-15-11)9(14)4-3-8(10)13/h3-6H,14H2,1-2H3. The van der Waals surface area contributed by atoms with Crippen molar-refractivity contribution in [1.82, 2.24) is 9.88 Å². The summed E-state index contributed by atoms with van der Waals surface area (Å²) in [5.41, 5.74) is 6.77. The molecule has 0 saturated carbocycles. The van der Waals surface area contributed by atoms with Crippen LogP contribution in [0.2, 0.25) is 5.02 Å². The van der Waals surface area contributed by atoms with Crippen LogP contribution in [0.3, 0.4) is 0 Å². The summed E-state index contributed by atoms with van der Waals surface area (Å²) in [5.74, 6) is -0.192. The van der Waals surface area contributed by atoms with Crippen molar-refractivity contribution in [1.29, 1.82) is 0 Å². The van der Waals surface area contributed by atoms with Gasteiger partial charge in [0.2, 0.25) is 0 Å². The van der Waals surface area contributed by atoms with Crippen molar-refractivity contribution >= 4 is 34.0 Å². The monoisotopic (exact) mass is 249 g/mol. The Labute approximate surface area is 104 Å². The Kier molecular flexibility index (Phi) is 2.90. The highest BCUT2D eigenvalue weighted by molar-refractivity contribution is 6.37. The van der Waals surface area contributed by atoms with E-state index in [4.69, 9.17) is 17.3 Å². The van der Waals surface area contributed by atoms with E-state index < -0.39 is 0 Å². The molecule has 0 fully saturated rings. The number of carbonyl (C=O) groups is 1. The highest BCUT2D eigenvalue weighted by Crippen LogP contribution is 2.30. The Hall–Kier alpha value is -1.81. The number of rotatable bonds is 1. The fourth-order valence-corrected chi connectivity index (χ4v) is 1.91. The van der Waals surface area contributed by atoms with Crippen LogP contribution in [0.1, 0.15) is 10.5 Å². The quantitative estimate of drug-likeness (QED) is 0.788. The van der Waals surface area contributed by atoms with Gasteiger partial charge in [-0.15, -0.1) is 0 Å². The first kappa shape index (κ1) is 11.7. The Morgan fingerprint density at radius 3 is 2.71 bits per heavy atom. The summed E-state index contributed by atoms with van der Waals surface area (Å²) in [6.45, 7) is 0. The van der Waals surface area contributed by atoms with Crippen LogP contribution in [-0.4, -0.2) is 29.9 Å². The molecule has 0 aliphatic heterocycles. The summed E-state index contributed by atoms with van der Waals surface area (Å²) in [7, 11) is 3.34. The van der Waals surface area contributed by atoms with Crippen LogP contribution in [0.4, 0.5) is 5.69 Å². The molecule has 0 spiro atoms. The lowest BCUT2D eigenvalue weighted by molar-refractivity contribution is 0.0824. The van der Waals surface area contributed by atoms with Gasteiger partial charge < -0.3 is 10.6 Å². The van der Waals surface area contributed by atoms with Gasteiger partial charge in [0.05, 0.1) is 5.02 Å². The number of hydrogen-bond donors (Lipinski definition) is 1. The molecule has 1 amide bonds. The van der Waals surface area contributed by atoms with Crippen LogP contribution in [0.15, 0.2) is 24.4 Å². The van der Waals surface area contributed by atoms with E-state index >= 15 is 0 Å². The minimum atomic E-state index is -0.192. The van der Waals surface area contributed by atoms with E-state index in [0.29, 0.717) is 21.8 Å². The smallest absolute Gasteiger partial charge is 0.272 e. The number of nitrogens with two attached hydrogens (primary N) is 1. The second-order valence-corrected chi connectivity index (χ2v) is 4.33. The van der Waals surface area contributed by atoms with E-state index in [-0.39, 0.29) is 5.91 Å². The van der Waals surface area contributed by atoms with Crippen molar-refractivity contribution in [2.75, 3.05) is 19.8 Å². The van der Waals surface area contributed by atoms with Crippen LogP contribution in [0.25, 0.3) is 10.8 Å². The molecule has 17 heavy (non-hydrogen) atoms. The van der Waals surface area contributed by atoms with Gasteiger partial charge in [-0.05, 0) is 18.2 Å². The first-order valence-corrected chi connectivity index (χ1v) is 5.44. The lowest BCUT2D eigenvalue weighted by Crippen LogP contribution is -2.23. The van der Waals surface area contributed by atoms with E-state index in [1.807, 2.05) is 0 Å². The molecule has 2 aromatic rings. The van der Waals surface area contributed by atoms with Gasteiger partial charge in [0.1, 0.15) is 5.69 Å². The van der Waals surface area contributed by atoms with Gasteiger partial charge in [-0.2, -0.15) is 0 Å². The second kappa shape index (κ2) is 4.22. The maximum Gasteiger partial charge on any atom is 0.272 e. The summed E-state index contributed by atoms with van der Waals surface area (Å²) in [6, 6.07) is 5.14. The first-order chi connectivity index (χ1) is 8.02. The molecule has 0 bridgehead atoms. The van der Waals surface area contributed by atoms with Crippen LogP contribution in [0, 0.1) is 0 Å². The summed E-state index contributed by atoms with van der Waals surface area (Å²) in [5, 5.41) is 1.83. The fraction of sp³-hybridized carbons (Fsp3) is 0.167. The largest absolute Gasteiger partial charge is 0.398 e. The van der Waals surface area contributed by atoms with Crippen LogP contribution >= 0.6 is 11.6 Å². The molecule has 4 nitrogen and oxygen atoms in total. The molecule has 5 heteroatoms. The Bertz CT molecular complexity index is 596. The van der Waals surface area contributed by atoms with Crippen molar-refractivity contribution in [2.45, 2.75) is 0 Å². The van der Waals surface area contributed by atoms with Crippen molar-refractivity contribution in [2.24, 2.45) is 0 Å². The van der Waals surface area contributed by atoms with Gasteiger partial charge in [-0.25, -0.2) is 0 Å². The van der Waals surface area contributed by atoms with Gasteiger partial charge >= 0.3 is 0 Å². The molecule has 0 unspecified atom stereocenters. The first-order valence-electron chi connectivity index (χ1n) is 5.06. The van der Waals surface area contributed by atoms with Crippen molar-refractivity contribution in [3.63, 3.8) is 0 Å². The number of anilines is 1. The molecule has 2 rings (SSSR count). The van der Waals surface area contributed by atoms with Gasteiger partial charge in [-0.3, -0.25) is 9.78 Å². The zero-order valence-electron chi connectivity index (χ0n) is 9.57. The SMILES string of the molecule is CN(C)C(=O)c1nccc2c(N)ccc(Cl)c12. The van der Waals surface area contributed by atoms with Crippen LogP contribution in [-0.2, 0) is 0 Å². The number of pyridine rings is 1. The lowest BCUT2D eigenvalue weighted by atomic mass is 10.1. The molecule has 2 N–H and O–H groups in total. The van der Waals surface area contributed by atoms with Gasteiger partial charge in [0.25, 0.3) is 5.91 Å². The van der Waals surface area contributed by atoms with E-state index in [1.54, 1.807) is 38.5 Å². The minimum Gasteiger partial charge on any atom is -0.398 e. The molecule has 0 atom stereocenters. The summed E-state index contributed by atoms with van der Waals surface area (Å²) in [6.07, 6.45) is 1.56. The number of halogens is 1. The molecule has 0 aliphatic carbocycles. The van der Waals surface area contributed by atoms with E-state index in [2.05, 4.69) is 4.98 Å². The summed E-state index contributed by atoms with van der Waals surface area (Å²) < 4.78 is 0. The van der Waals surface area contributed by atoms with E-state index in [9.17, 15) is 4.79 Å². The predicted molar refractivity (Wildman–Crippen MR) is 69.2 cm³/mol. The van der Waals surface area contributed by atoms with E-state index in [0.717, 1.165) is 5.39 Å². The number of fused-ring (bicyclic) bond motifs is 1. The van der Waals surface area contributed by atoms with Crippen molar-refractivity contribution in [3.05, 3.63) is 35.1 Å². The average molecular weight is 250 g/mol. The van der Waals surface area contributed by atoms with Gasteiger partial charge in [-0.1, -0.05) is 11.6 Å². The highest BCUT2D eigenvalue weighted by Gasteiger charge is 2.16. The Morgan fingerprint density at radius 1 is 1.35 bits per heavy atom. The number of nitrogen functional groups attached to an aromatic ring is 1. The number of hydrogen-bond acceptors (Lipinski definition) is 3. The van der Waals surface area contributed by atoms with Crippen molar-refractivity contribution < 1.29 is 4.79 Å². The third-order valence-electron chi connectivity index (χ3n) is 2.52. The maximum absolute atomic E-state index is 12.0. The maximum atomic E-state index is 12.0. The van der Waals surface area contributed by atoms with Gasteiger partial charge in [0.15, 0.2) is 0 Å². The van der Waals surface area contributed by atoms with Crippen molar-refractivity contribution in [3.8, 4) is 0 Å². The predicted octanol–water partition coefficient (Wildman–Crippen LogP) is 2.17. The number of carbonyl (C=O) groups excluding carboxylic acids is 1. The minimum absolute atomic E-state index is 0.192. The highest BCUT2D eigenvalue weighted by atomic mass is 35.5. The molecule has 1 heterocycles. The Morgan fingerprint density at radius 2 is 2.06 bits per heavy atom. The van der Waals surface area contributed by atoms with Crippen LogP contribution < -0.4 is 5.73 Å². The van der Waals surface area contributed by atoms with E-state index in [1.165, 1.54) is 4.90 Å². The third-order valence-corrected chi connectivity index (χ3v) is 2.83. The molecular formula is C12H12ClN3O. The molecule has 1 aromatic heterocycles. The molecule has 1 aromatic carbocycles. The molecule has 88 valence electrons. The number of benzene rings is 1. The zero-order valence-corrected chi connectivity index (χ0v) is 10.3. The molecular weight excluding hydrogens is 238 g/mol. The van der Waals surface area contributed by atoms with Crippen LogP contribution in [0.5, 0.6) is 0 Å². The second-order valence-electron chi connectivity index (χ2n) is 3.92. The topological polar surface area (TPSA) is 59.2 Å². The molecule has 0 radical (unpaired) electrons. The van der Waals surface area contributed by atoms with Gasteiger partial charge in [0, 0.05) is 36.8 Å². The average Bonchev–Trinajstić information content (AvgIpc) is 2.32. The lowest BCUT2D eigenvalue weighted by Gasteiger charge is -2.13.